The maximum absolute atomic E-state index is 13.3. The van der Waals surface area contributed by atoms with Gasteiger partial charge in [-0.1, -0.05) is 66.7 Å². The molecule has 3 amide bonds. The second-order valence-electron chi connectivity index (χ2n) is 7.86. The SMILES string of the molecule is O=C(C=Cc1cccnc1)NCCCCN1C(=O)C(c2ccccc2)=C(c2ccccc2)C1=O. The Morgan fingerprint density at radius 2 is 1.44 bits per heavy atom. The molecule has 0 spiro atoms. The van der Waals surface area contributed by atoms with Crippen molar-refractivity contribution >= 4 is 34.9 Å². The van der Waals surface area contributed by atoms with Crippen molar-refractivity contribution in [2.24, 2.45) is 0 Å². The van der Waals surface area contributed by atoms with Crippen molar-refractivity contribution in [3.05, 3.63) is 108 Å². The first kappa shape index (κ1) is 22.9. The van der Waals surface area contributed by atoms with Gasteiger partial charge in [-0.25, -0.2) is 0 Å². The Bertz CT molecular complexity index is 1160. The number of hydrogen-bond donors (Lipinski definition) is 1. The first-order chi connectivity index (χ1) is 16.6. The van der Waals surface area contributed by atoms with Crippen LogP contribution in [0.3, 0.4) is 0 Å². The summed E-state index contributed by atoms with van der Waals surface area (Å²) in [5.74, 6) is -0.756. The number of unbranched alkanes of at least 4 members (excludes halogenated alkanes) is 1. The van der Waals surface area contributed by atoms with Crippen LogP contribution in [0.5, 0.6) is 0 Å². The highest BCUT2D eigenvalue weighted by Crippen LogP contribution is 2.35. The number of hydrogen-bond acceptors (Lipinski definition) is 4. The molecule has 1 aromatic heterocycles. The smallest absolute Gasteiger partial charge is 0.262 e. The number of nitrogens with one attached hydrogen (secondary N) is 1. The molecule has 0 radical (unpaired) electrons. The summed E-state index contributed by atoms with van der Waals surface area (Å²) >= 11 is 0. The monoisotopic (exact) mass is 451 g/mol. The molecule has 0 fully saturated rings. The molecule has 1 aliphatic rings. The molecule has 170 valence electrons. The first-order valence-electron chi connectivity index (χ1n) is 11.2. The molecular formula is C28H25N3O3. The Hall–Kier alpha value is -4.32. The Labute approximate surface area is 198 Å². The van der Waals surface area contributed by atoms with E-state index in [1.807, 2.05) is 66.7 Å². The minimum absolute atomic E-state index is 0.198. The number of aromatic nitrogens is 1. The Morgan fingerprint density at radius 1 is 0.824 bits per heavy atom. The number of pyridine rings is 1. The van der Waals surface area contributed by atoms with Gasteiger partial charge in [0, 0.05) is 31.6 Å². The van der Waals surface area contributed by atoms with E-state index in [9.17, 15) is 14.4 Å². The minimum atomic E-state index is -0.279. The number of imide groups is 1. The zero-order chi connectivity index (χ0) is 23.8. The molecule has 1 aliphatic heterocycles. The van der Waals surface area contributed by atoms with Crippen LogP contribution < -0.4 is 5.32 Å². The van der Waals surface area contributed by atoms with Gasteiger partial charge in [0.2, 0.25) is 5.91 Å². The van der Waals surface area contributed by atoms with Crippen molar-refractivity contribution < 1.29 is 14.4 Å². The zero-order valence-corrected chi connectivity index (χ0v) is 18.7. The lowest BCUT2D eigenvalue weighted by molar-refractivity contribution is -0.136. The van der Waals surface area contributed by atoms with E-state index in [1.54, 1.807) is 24.5 Å². The standard InChI is InChI=1S/C28H25N3O3/c32-24(16-15-21-10-9-17-29-20-21)30-18-7-8-19-31-27(33)25(22-11-3-1-4-12-22)26(28(31)34)23-13-5-2-6-14-23/h1-6,9-17,20H,7-8,18-19H2,(H,30,32). The van der Waals surface area contributed by atoms with Crippen LogP contribution in [0.25, 0.3) is 17.2 Å². The average Bonchev–Trinajstić information content (AvgIpc) is 3.13. The van der Waals surface area contributed by atoms with Crippen LogP contribution in [-0.4, -0.2) is 40.7 Å². The Balaban J connectivity index is 1.35. The van der Waals surface area contributed by atoms with Crippen LogP contribution >= 0.6 is 0 Å². The van der Waals surface area contributed by atoms with Gasteiger partial charge in [-0.15, -0.1) is 0 Å². The van der Waals surface area contributed by atoms with Crippen LogP contribution in [0.1, 0.15) is 29.5 Å². The molecule has 0 saturated heterocycles. The topological polar surface area (TPSA) is 79.4 Å². The van der Waals surface area contributed by atoms with Gasteiger partial charge in [-0.3, -0.25) is 24.3 Å². The lowest BCUT2D eigenvalue weighted by Crippen LogP contribution is -2.33. The first-order valence-corrected chi connectivity index (χ1v) is 11.2. The van der Waals surface area contributed by atoms with Gasteiger partial charge < -0.3 is 5.32 Å². The van der Waals surface area contributed by atoms with Crippen molar-refractivity contribution in [2.75, 3.05) is 13.1 Å². The van der Waals surface area contributed by atoms with Gasteiger partial charge in [0.15, 0.2) is 0 Å². The summed E-state index contributed by atoms with van der Waals surface area (Å²) in [5.41, 5.74) is 3.18. The van der Waals surface area contributed by atoms with Crippen molar-refractivity contribution in [2.45, 2.75) is 12.8 Å². The summed E-state index contributed by atoms with van der Waals surface area (Å²) in [4.78, 5) is 43.8. The number of carbonyl (C=O) groups excluding carboxylic acids is 3. The van der Waals surface area contributed by atoms with Crippen molar-refractivity contribution in [1.82, 2.24) is 15.2 Å². The highest BCUT2D eigenvalue weighted by Gasteiger charge is 2.38. The van der Waals surface area contributed by atoms with E-state index in [4.69, 9.17) is 0 Å². The third kappa shape index (κ3) is 5.35. The number of benzene rings is 2. The summed E-state index contributed by atoms with van der Waals surface area (Å²) in [6.07, 6.45) is 7.75. The molecule has 0 bridgehead atoms. The Morgan fingerprint density at radius 3 is 2.00 bits per heavy atom. The average molecular weight is 452 g/mol. The van der Waals surface area contributed by atoms with E-state index < -0.39 is 0 Å². The second kappa shape index (κ2) is 11.0. The zero-order valence-electron chi connectivity index (χ0n) is 18.7. The largest absolute Gasteiger partial charge is 0.353 e. The fourth-order valence-corrected chi connectivity index (χ4v) is 3.84. The summed E-state index contributed by atoms with van der Waals surface area (Å²) < 4.78 is 0. The van der Waals surface area contributed by atoms with E-state index in [1.165, 1.54) is 11.0 Å². The molecule has 34 heavy (non-hydrogen) atoms. The van der Waals surface area contributed by atoms with Crippen molar-refractivity contribution in [1.29, 1.82) is 0 Å². The van der Waals surface area contributed by atoms with Crippen LogP contribution in [0.15, 0.2) is 91.3 Å². The van der Waals surface area contributed by atoms with Gasteiger partial charge >= 0.3 is 0 Å². The third-order valence-corrected chi connectivity index (χ3v) is 5.51. The molecule has 6 nitrogen and oxygen atoms in total. The van der Waals surface area contributed by atoms with Crippen LogP contribution in [0.2, 0.25) is 0 Å². The quantitative estimate of drug-likeness (QED) is 0.303. The van der Waals surface area contributed by atoms with Crippen LogP contribution in [0.4, 0.5) is 0 Å². The molecule has 0 saturated carbocycles. The van der Waals surface area contributed by atoms with E-state index in [2.05, 4.69) is 10.3 Å². The van der Waals surface area contributed by atoms with E-state index in [0.717, 1.165) is 16.7 Å². The highest BCUT2D eigenvalue weighted by molar-refractivity contribution is 6.48. The fourth-order valence-electron chi connectivity index (χ4n) is 3.84. The van der Waals surface area contributed by atoms with Crippen molar-refractivity contribution in [3.63, 3.8) is 0 Å². The molecule has 0 aliphatic carbocycles. The minimum Gasteiger partial charge on any atom is -0.353 e. The van der Waals surface area contributed by atoms with Crippen LogP contribution in [0, 0.1) is 0 Å². The Kier molecular flexibility index (Phi) is 7.40. The highest BCUT2D eigenvalue weighted by atomic mass is 16.2. The molecule has 4 rings (SSSR count). The predicted molar refractivity (Wildman–Crippen MR) is 132 cm³/mol. The van der Waals surface area contributed by atoms with Gasteiger partial charge in [0.25, 0.3) is 11.8 Å². The lowest BCUT2D eigenvalue weighted by Gasteiger charge is -2.15. The molecule has 2 heterocycles. The van der Waals surface area contributed by atoms with E-state index in [-0.39, 0.29) is 17.7 Å². The molecule has 3 aromatic rings. The second-order valence-corrected chi connectivity index (χ2v) is 7.86. The summed E-state index contributed by atoms with van der Waals surface area (Å²) in [6.45, 7) is 0.753. The fraction of sp³-hybridized carbons (Fsp3) is 0.143. The molecular weight excluding hydrogens is 426 g/mol. The molecule has 0 atom stereocenters. The summed E-state index contributed by atoms with van der Waals surface area (Å²) in [5, 5.41) is 2.83. The molecule has 1 N–H and O–H groups in total. The maximum atomic E-state index is 13.3. The third-order valence-electron chi connectivity index (χ3n) is 5.51. The molecule has 0 unspecified atom stereocenters. The van der Waals surface area contributed by atoms with Crippen LogP contribution in [-0.2, 0) is 14.4 Å². The number of carbonyl (C=O) groups is 3. The number of nitrogens with zero attached hydrogens (tertiary/aromatic N) is 2. The maximum Gasteiger partial charge on any atom is 0.262 e. The van der Waals surface area contributed by atoms with E-state index >= 15 is 0 Å². The van der Waals surface area contributed by atoms with Gasteiger partial charge in [0.1, 0.15) is 0 Å². The van der Waals surface area contributed by atoms with Crippen molar-refractivity contribution in [3.8, 4) is 0 Å². The van der Waals surface area contributed by atoms with Gasteiger partial charge in [-0.05, 0) is 41.7 Å². The predicted octanol–water partition coefficient (Wildman–Crippen LogP) is 3.97. The number of amides is 3. The summed E-state index contributed by atoms with van der Waals surface area (Å²) in [7, 11) is 0. The van der Waals surface area contributed by atoms with E-state index in [0.29, 0.717) is 37.1 Å². The molecule has 6 heteroatoms. The summed E-state index contributed by atoms with van der Waals surface area (Å²) in [6, 6.07) is 22.3. The number of rotatable bonds is 9. The lowest BCUT2D eigenvalue weighted by atomic mass is 9.96. The molecule has 2 aromatic carbocycles. The van der Waals surface area contributed by atoms with Gasteiger partial charge in [0.05, 0.1) is 11.1 Å². The van der Waals surface area contributed by atoms with Gasteiger partial charge in [-0.2, -0.15) is 0 Å². The normalized spacial score (nSPS) is 13.7.